The minimum atomic E-state index is 0.171. The van der Waals surface area contributed by atoms with Crippen LogP contribution in [-0.2, 0) is 4.79 Å². The van der Waals surface area contributed by atoms with E-state index in [0.717, 1.165) is 12.4 Å². The van der Waals surface area contributed by atoms with E-state index >= 15 is 0 Å². The maximum atomic E-state index is 12.4. The van der Waals surface area contributed by atoms with E-state index in [9.17, 15) is 4.79 Å². The highest BCUT2D eigenvalue weighted by atomic mass is 16.1. The summed E-state index contributed by atoms with van der Waals surface area (Å²) < 4.78 is 0. The maximum Gasteiger partial charge on any atom is 0.181 e. The summed E-state index contributed by atoms with van der Waals surface area (Å²) >= 11 is 0. The van der Waals surface area contributed by atoms with Gasteiger partial charge in [-0.2, -0.15) is 0 Å². The van der Waals surface area contributed by atoms with Crippen LogP contribution >= 0.6 is 0 Å². The molecule has 110 valence electrons. The normalized spacial score (nSPS) is 15.3. The number of hydrogen-bond donors (Lipinski definition) is 0. The predicted octanol–water partition coefficient (Wildman–Crippen LogP) is 3.17. The zero-order valence-electron chi connectivity index (χ0n) is 13.0. The molecule has 1 atom stereocenters. The second kappa shape index (κ2) is 6.99. The van der Waals surface area contributed by atoms with Crippen molar-refractivity contribution >= 4 is 5.78 Å². The zero-order chi connectivity index (χ0) is 15.2. The van der Waals surface area contributed by atoms with Crippen LogP contribution in [-0.4, -0.2) is 29.3 Å². The third kappa shape index (κ3) is 3.66. The Kier molecular flexibility index (Phi) is 5.05. The lowest BCUT2D eigenvalue weighted by Crippen LogP contribution is -2.30. The maximum absolute atomic E-state index is 12.4. The second-order valence-electron chi connectivity index (χ2n) is 5.32. The van der Waals surface area contributed by atoms with Gasteiger partial charge in [0.25, 0.3) is 0 Å². The quantitative estimate of drug-likeness (QED) is 0.775. The van der Waals surface area contributed by atoms with E-state index in [1.807, 2.05) is 31.4 Å². The molecule has 0 saturated heterocycles. The summed E-state index contributed by atoms with van der Waals surface area (Å²) in [5.41, 5.74) is 2.02. The van der Waals surface area contributed by atoms with Gasteiger partial charge in [0.1, 0.15) is 0 Å². The molecule has 3 heteroatoms. The molecule has 3 nitrogen and oxygen atoms in total. The first-order chi connectivity index (χ1) is 10.1. The van der Waals surface area contributed by atoms with Crippen LogP contribution in [0.4, 0.5) is 0 Å². The summed E-state index contributed by atoms with van der Waals surface area (Å²) in [4.78, 5) is 16.6. The molecule has 0 fully saturated rings. The van der Waals surface area contributed by atoms with E-state index < -0.39 is 0 Å². The predicted molar refractivity (Wildman–Crippen MR) is 85.1 cm³/mol. The smallest absolute Gasteiger partial charge is 0.181 e. The molecule has 1 aliphatic heterocycles. The minimum absolute atomic E-state index is 0.171. The Morgan fingerprint density at radius 3 is 2.71 bits per heavy atom. The van der Waals surface area contributed by atoms with Crippen molar-refractivity contribution in [2.24, 2.45) is 0 Å². The highest BCUT2D eigenvalue weighted by Gasteiger charge is 2.28. The molecule has 0 aliphatic carbocycles. The first kappa shape index (κ1) is 15.2. The van der Waals surface area contributed by atoms with Gasteiger partial charge in [-0.25, -0.2) is 0 Å². The molecule has 0 N–H and O–H groups in total. The van der Waals surface area contributed by atoms with Crippen molar-refractivity contribution in [2.75, 3.05) is 13.7 Å². The summed E-state index contributed by atoms with van der Waals surface area (Å²) in [6.45, 7) is 4.69. The minimum Gasteiger partial charge on any atom is -0.361 e. The number of benzene rings is 1. The molecule has 1 heterocycles. The summed E-state index contributed by atoms with van der Waals surface area (Å²) in [7, 11) is 2.00. The molecule has 0 saturated carbocycles. The Hall–Kier alpha value is -2.21. The fourth-order valence-electron chi connectivity index (χ4n) is 2.54. The number of allylic oxidation sites excluding steroid dienone is 1. The molecule has 0 radical (unpaired) electrons. The van der Waals surface area contributed by atoms with E-state index in [0.29, 0.717) is 12.8 Å². The Bertz CT molecular complexity index is 580. The highest BCUT2D eigenvalue weighted by molar-refractivity contribution is 5.95. The molecule has 2 rings (SSSR count). The van der Waals surface area contributed by atoms with Gasteiger partial charge in [0.15, 0.2) is 5.78 Å². The van der Waals surface area contributed by atoms with Gasteiger partial charge in [0.2, 0.25) is 0 Å². The fourth-order valence-corrected chi connectivity index (χ4v) is 2.54. The third-order valence-corrected chi connectivity index (χ3v) is 3.72. The average molecular weight is 282 g/mol. The molecule has 0 spiro atoms. The van der Waals surface area contributed by atoms with Crippen molar-refractivity contribution in [3.63, 3.8) is 0 Å². The van der Waals surface area contributed by atoms with Crippen molar-refractivity contribution in [2.45, 2.75) is 32.7 Å². The van der Waals surface area contributed by atoms with Crippen LogP contribution < -0.4 is 0 Å². The molecular weight excluding hydrogens is 260 g/mol. The number of nitrogens with zero attached hydrogens (tertiary/aromatic N) is 2. The van der Waals surface area contributed by atoms with Crippen molar-refractivity contribution in [3.8, 4) is 11.8 Å². The second-order valence-corrected chi connectivity index (χ2v) is 5.32. The molecule has 0 aromatic heterocycles. The molecule has 0 bridgehead atoms. The molecule has 1 aromatic rings. The topological polar surface area (TPSA) is 23.6 Å². The lowest BCUT2D eigenvalue weighted by atomic mass is 10.1. The van der Waals surface area contributed by atoms with Crippen LogP contribution in [0.15, 0.2) is 42.2 Å². The number of hydrogen-bond acceptors (Lipinski definition) is 3. The SMILES string of the molecule is CC#CCCC(=O)C1=CN(C)CN1[C@H](C)c1ccccc1. The fraction of sp³-hybridized carbons (Fsp3) is 0.389. The van der Waals surface area contributed by atoms with E-state index in [-0.39, 0.29) is 11.8 Å². The number of Topliss-reactive ketones (excluding diaryl/α,β-unsaturated/α-hetero) is 1. The average Bonchev–Trinajstić information content (AvgIpc) is 2.89. The van der Waals surface area contributed by atoms with Gasteiger partial charge in [-0.1, -0.05) is 30.3 Å². The van der Waals surface area contributed by atoms with Gasteiger partial charge in [0.05, 0.1) is 18.4 Å². The van der Waals surface area contributed by atoms with Crippen molar-refractivity contribution in [1.82, 2.24) is 9.80 Å². The highest BCUT2D eigenvalue weighted by Crippen LogP contribution is 2.29. The number of rotatable bonds is 5. The van der Waals surface area contributed by atoms with Crippen LogP contribution in [0.5, 0.6) is 0 Å². The lowest BCUT2D eigenvalue weighted by molar-refractivity contribution is -0.117. The van der Waals surface area contributed by atoms with E-state index in [1.54, 1.807) is 6.92 Å². The number of carbonyl (C=O) groups excluding carboxylic acids is 1. The number of ketones is 1. The summed E-state index contributed by atoms with van der Waals surface area (Å²) in [6, 6.07) is 10.5. The largest absolute Gasteiger partial charge is 0.361 e. The third-order valence-electron chi connectivity index (χ3n) is 3.72. The lowest BCUT2D eigenvalue weighted by Gasteiger charge is -2.29. The van der Waals surface area contributed by atoms with Crippen LogP contribution in [0.2, 0.25) is 0 Å². The first-order valence-corrected chi connectivity index (χ1v) is 7.30. The van der Waals surface area contributed by atoms with Crippen LogP contribution in [0.1, 0.15) is 38.3 Å². The van der Waals surface area contributed by atoms with Gasteiger partial charge in [-0.15, -0.1) is 11.8 Å². The molecule has 0 amide bonds. The van der Waals surface area contributed by atoms with Crippen LogP contribution in [0.25, 0.3) is 0 Å². The Morgan fingerprint density at radius 2 is 2.05 bits per heavy atom. The summed E-state index contributed by atoms with van der Waals surface area (Å²) in [6.07, 6.45) is 3.06. The first-order valence-electron chi connectivity index (χ1n) is 7.30. The van der Waals surface area contributed by atoms with Crippen molar-refractivity contribution < 1.29 is 4.79 Å². The van der Waals surface area contributed by atoms with Gasteiger partial charge in [-0.05, 0) is 19.4 Å². The van der Waals surface area contributed by atoms with Gasteiger partial charge in [-0.3, -0.25) is 4.79 Å². The van der Waals surface area contributed by atoms with Crippen molar-refractivity contribution in [1.29, 1.82) is 0 Å². The van der Waals surface area contributed by atoms with Crippen LogP contribution in [0.3, 0.4) is 0 Å². The van der Waals surface area contributed by atoms with Gasteiger partial charge >= 0.3 is 0 Å². The number of carbonyl (C=O) groups is 1. The Balaban J connectivity index is 2.13. The van der Waals surface area contributed by atoms with E-state index in [1.165, 1.54) is 5.56 Å². The standard InChI is InChI=1S/C18H22N2O/c1-4-5-7-12-18(21)17-13-19(3)14-20(17)15(2)16-10-8-6-9-11-16/h6,8-11,13,15H,7,12,14H2,1-3H3/t15-/m1/s1. The van der Waals surface area contributed by atoms with Crippen molar-refractivity contribution in [3.05, 3.63) is 47.8 Å². The summed E-state index contributed by atoms with van der Waals surface area (Å²) in [5, 5.41) is 0. The molecule has 1 aromatic carbocycles. The Morgan fingerprint density at radius 1 is 1.33 bits per heavy atom. The summed E-state index contributed by atoms with van der Waals surface area (Å²) in [5.74, 6) is 5.97. The Labute approximate surface area is 127 Å². The molecule has 21 heavy (non-hydrogen) atoms. The van der Waals surface area contributed by atoms with Gasteiger partial charge < -0.3 is 9.80 Å². The monoisotopic (exact) mass is 282 g/mol. The zero-order valence-corrected chi connectivity index (χ0v) is 13.0. The molecule has 0 unspecified atom stereocenters. The molecular formula is C18H22N2O. The molecule has 1 aliphatic rings. The van der Waals surface area contributed by atoms with Gasteiger partial charge in [0, 0.05) is 26.1 Å². The van der Waals surface area contributed by atoms with E-state index in [4.69, 9.17) is 0 Å². The van der Waals surface area contributed by atoms with Crippen LogP contribution in [0, 0.1) is 11.8 Å². The van der Waals surface area contributed by atoms with E-state index in [2.05, 4.69) is 40.7 Å².